The molecule has 2 aromatic rings. The van der Waals surface area contributed by atoms with Gasteiger partial charge in [-0.3, -0.25) is 9.78 Å². The van der Waals surface area contributed by atoms with Crippen molar-refractivity contribution in [3.8, 4) is 0 Å². The molecule has 2 aliphatic rings. The van der Waals surface area contributed by atoms with Crippen LogP contribution in [0.3, 0.4) is 0 Å². The third-order valence-corrected chi connectivity index (χ3v) is 5.48. The molecule has 0 N–H and O–H groups in total. The van der Waals surface area contributed by atoms with E-state index in [-0.39, 0.29) is 11.9 Å². The topological polar surface area (TPSA) is 62.2 Å². The Bertz CT molecular complexity index is 777. The minimum atomic E-state index is 0.121. The molecule has 1 saturated heterocycles. The summed E-state index contributed by atoms with van der Waals surface area (Å²) in [6.07, 6.45) is 7.79. The van der Waals surface area contributed by atoms with E-state index in [1.165, 1.54) is 12.8 Å². The number of pyridine rings is 1. The normalized spacial score (nSPS) is 17.8. The van der Waals surface area contributed by atoms with E-state index in [1.807, 2.05) is 32.0 Å². The average molecular weight is 365 g/mol. The second kappa shape index (κ2) is 7.62. The number of carbonyl (C=O) groups excluding carboxylic acids is 1. The highest BCUT2D eigenvalue weighted by molar-refractivity contribution is 5.94. The van der Waals surface area contributed by atoms with Crippen molar-refractivity contribution in [3.63, 3.8) is 0 Å². The first kappa shape index (κ1) is 17.9. The van der Waals surface area contributed by atoms with Crippen LogP contribution in [0.5, 0.6) is 0 Å². The first-order chi connectivity index (χ1) is 13.1. The molecule has 1 amide bonds. The van der Waals surface area contributed by atoms with Gasteiger partial charge in [0.2, 0.25) is 5.95 Å². The fourth-order valence-electron chi connectivity index (χ4n) is 3.86. The minimum Gasteiger partial charge on any atom is -0.341 e. The smallest absolute Gasteiger partial charge is 0.255 e. The third kappa shape index (κ3) is 4.26. The molecule has 4 rings (SSSR count). The standard InChI is InChI=1S/C21H27N5O/c1-15-12-16(2)24-21(23-15)25-10-7-19(8-11-25)26(14-17-5-6-17)20(27)18-4-3-9-22-13-18/h3-4,9,12-13,17,19H,5-8,10-11,14H2,1-2H3. The first-order valence-corrected chi connectivity index (χ1v) is 9.88. The molecule has 3 heterocycles. The molecule has 0 bridgehead atoms. The summed E-state index contributed by atoms with van der Waals surface area (Å²) in [6, 6.07) is 5.98. The van der Waals surface area contributed by atoms with E-state index in [1.54, 1.807) is 12.4 Å². The lowest BCUT2D eigenvalue weighted by Gasteiger charge is -2.39. The maximum atomic E-state index is 13.1. The molecule has 6 nitrogen and oxygen atoms in total. The van der Waals surface area contributed by atoms with Crippen LogP contribution >= 0.6 is 0 Å². The molecule has 0 spiro atoms. The highest BCUT2D eigenvalue weighted by atomic mass is 16.2. The summed E-state index contributed by atoms with van der Waals surface area (Å²) in [4.78, 5) is 30.8. The first-order valence-electron chi connectivity index (χ1n) is 9.88. The summed E-state index contributed by atoms with van der Waals surface area (Å²) in [5.41, 5.74) is 2.70. The van der Waals surface area contributed by atoms with Crippen LogP contribution in [0.4, 0.5) is 5.95 Å². The van der Waals surface area contributed by atoms with Crippen LogP contribution < -0.4 is 4.90 Å². The molecule has 1 aliphatic heterocycles. The number of amides is 1. The summed E-state index contributed by atoms with van der Waals surface area (Å²) in [6.45, 7) is 6.66. The lowest BCUT2D eigenvalue weighted by Crippen LogP contribution is -2.48. The molecule has 1 aliphatic carbocycles. The lowest BCUT2D eigenvalue weighted by atomic mass is 10.0. The van der Waals surface area contributed by atoms with Gasteiger partial charge in [0.15, 0.2) is 0 Å². The van der Waals surface area contributed by atoms with Gasteiger partial charge in [0, 0.05) is 49.5 Å². The molecule has 142 valence electrons. The second-order valence-electron chi connectivity index (χ2n) is 7.81. The summed E-state index contributed by atoms with van der Waals surface area (Å²) in [7, 11) is 0. The number of aromatic nitrogens is 3. The Morgan fingerprint density at radius 3 is 2.44 bits per heavy atom. The fraction of sp³-hybridized carbons (Fsp3) is 0.524. The van der Waals surface area contributed by atoms with Gasteiger partial charge < -0.3 is 9.80 Å². The number of carbonyl (C=O) groups is 1. The van der Waals surface area contributed by atoms with Crippen LogP contribution in [-0.2, 0) is 0 Å². The van der Waals surface area contributed by atoms with Crippen molar-refractivity contribution in [2.45, 2.75) is 45.6 Å². The van der Waals surface area contributed by atoms with Crippen LogP contribution in [-0.4, -0.2) is 51.4 Å². The molecule has 2 aromatic heterocycles. The van der Waals surface area contributed by atoms with Crippen LogP contribution in [0.15, 0.2) is 30.6 Å². The second-order valence-corrected chi connectivity index (χ2v) is 7.81. The van der Waals surface area contributed by atoms with Crippen LogP contribution in [0.2, 0.25) is 0 Å². The van der Waals surface area contributed by atoms with E-state index in [4.69, 9.17) is 0 Å². The van der Waals surface area contributed by atoms with E-state index >= 15 is 0 Å². The molecule has 0 atom stereocenters. The maximum absolute atomic E-state index is 13.1. The lowest BCUT2D eigenvalue weighted by molar-refractivity contribution is 0.0637. The Morgan fingerprint density at radius 2 is 1.85 bits per heavy atom. The molecule has 1 saturated carbocycles. The van der Waals surface area contributed by atoms with E-state index in [0.29, 0.717) is 11.5 Å². The number of aryl methyl sites for hydroxylation is 2. The van der Waals surface area contributed by atoms with Gasteiger partial charge in [0.25, 0.3) is 5.91 Å². The van der Waals surface area contributed by atoms with Gasteiger partial charge in [0.05, 0.1) is 5.56 Å². The Balaban J connectivity index is 1.46. The predicted molar refractivity (Wildman–Crippen MR) is 105 cm³/mol. The van der Waals surface area contributed by atoms with Gasteiger partial charge in [-0.15, -0.1) is 0 Å². The van der Waals surface area contributed by atoms with Crippen molar-refractivity contribution in [3.05, 3.63) is 47.5 Å². The molecule has 27 heavy (non-hydrogen) atoms. The van der Waals surface area contributed by atoms with Crippen LogP contribution in [0.1, 0.15) is 47.4 Å². The fourth-order valence-corrected chi connectivity index (χ4v) is 3.86. The summed E-state index contributed by atoms with van der Waals surface area (Å²) in [5, 5.41) is 0. The number of hydrogen-bond acceptors (Lipinski definition) is 5. The molecular weight excluding hydrogens is 338 g/mol. The van der Waals surface area contributed by atoms with Gasteiger partial charge in [0.1, 0.15) is 0 Å². The van der Waals surface area contributed by atoms with Gasteiger partial charge in [-0.2, -0.15) is 0 Å². The zero-order valence-corrected chi connectivity index (χ0v) is 16.1. The highest BCUT2D eigenvalue weighted by Crippen LogP contribution is 2.32. The summed E-state index contributed by atoms with van der Waals surface area (Å²) < 4.78 is 0. The SMILES string of the molecule is Cc1cc(C)nc(N2CCC(N(CC3CC3)C(=O)c3cccnc3)CC2)n1. The van der Waals surface area contributed by atoms with Crippen LogP contribution in [0, 0.1) is 19.8 Å². The third-order valence-electron chi connectivity index (χ3n) is 5.48. The minimum absolute atomic E-state index is 0.121. The van der Waals surface area contributed by atoms with E-state index in [2.05, 4.69) is 24.8 Å². The zero-order valence-electron chi connectivity index (χ0n) is 16.1. The average Bonchev–Trinajstić information content (AvgIpc) is 3.50. The number of hydrogen-bond donors (Lipinski definition) is 0. The van der Waals surface area contributed by atoms with Gasteiger partial charge in [-0.1, -0.05) is 0 Å². The Hall–Kier alpha value is -2.50. The number of nitrogens with zero attached hydrogens (tertiary/aromatic N) is 5. The van der Waals surface area contributed by atoms with Gasteiger partial charge in [-0.05, 0) is 63.6 Å². The Labute approximate surface area is 160 Å². The number of anilines is 1. The van der Waals surface area contributed by atoms with Crippen molar-refractivity contribution in [1.29, 1.82) is 0 Å². The van der Waals surface area contributed by atoms with Gasteiger partial charge >= 0.3 is 0 Å². The Morgan fingerprint density at radius 1 is 1.15 bits per heavy atom. The molecule has 0 radical (unpaired) electrons. The zero-order chi connectivity index (χ0) is 18.8. The Kier molecular flexibility index (Phi) is 5.05. The molecule has 0 unspecified atom stereocenters. The van der Waals surface area contributed by atoms with Crippen molar-refractivity contribution in [2.75, 3.05) is 24.5 Å². The van der Waals surface area contributed by atoms with Crippen molar-refractivity contribution < 1.29 is 4.79 Å². The van der Waals surface area contributed by atoms with Crippen molar-refractivity contribution in [1.82, 2.24) is 19.9 Å². The van der Waals surface area contributed by atoms with Gasteiger partial charge in [-0.25, -0.2) is 9.97 Å². The predicted octanol–water partition coefficient (Wildman–Crippen LogP) is 3.01. The summed E-state index contributed by atoms with van der Waals surface area (Å²) in [5.74, 6) is 1.61. The van der Waals surface area contributed by atoms with Crippen molar-refractivity contribution in [2.24, 2.45) is 5.92 Å². The molecule has 6 heteroatoms. The molecule has 2 fully saturated rings. The van der Waals surface area contributed by atoms with Crippen LogP contribution in [0.25, 0.3) is 0 Å². The largest absolute Gasteiger partial charge is 0.341 e. The van der Waals surface area contributed by atoms with Crippen molar-refractivity contribution >= 4 is 11.9 Å². The van der Waals surface area contributed by atoms with E-state index in [9.17, 15) is 4.79 Å². The quantitative estimate of drug-likeness (QED) is 0.815. The number of piperidine rings is 1. The molecular formula is C21H27N5O. The maximum Gasteiger partial charge on any atom is 0.255 e. The monoisotopic (exact) mass is 365 g/mol. The molecule has 0 aromatic carbocycles. The van der Waals surface area contributed by atoms with E-state index in [0.717, 1.165) is 49.8 Å². The highest BCUT2D eigenvalue weighted by Gasteiger charge is 2.34. The number of rotatable bonds is 5. The summed E-state index contributed by atoms with van der Waals surface area (Å²) >= 11 is 0. The van der Waals surface area contributed by atoms with E-state index < -0.39 is 0 Å².